The third-order valence-electron chi connectivity index (χ3n) is 7.30. The maximum Gasteiger partial charge on any atom is 0.255 e. The molecule has 0 radical (unpaired) electrons. The number of amides is 4. The molecule has 35 heavy (non-hydrogen) atoms. The van der Waals surface area contributed by atoms with E-state index in [0.29, 0.717) is 24.1 Å². The fraction of sp³-hybridized carbons (Fsp3) is 0.385. The molecule has 3 aliphatic heterocycles. The van der Waals surface area contributed by atoms with Crippen molar-refractivity contribution in [2.45, 2.75) is 32.0 Å². The van der Waals surface area contributed by atoms with Gasteiger partial charge in [0, 0.05) is 69.6 Å². The zero-order valence-corrected chi connectivity index (χ0v) is 19.8. The van der Waals surface area contributed by atoms with Crippen LogP contribution >= 0.6 is 0 Å². The number of piperazine rings is 1. The number of fused-ring (bicyclic) bond motifs is 1. The fourth-order valence-corrected chi connectivity index (χ4v) is 5.16. The van der Waals surface area contributed by atoms with Gasteiger partial charge in [-0.05, 0) is 47.9 Å². The van der Waals surface area contributed by atoms with Crippen LogP contribution in [-0.2, 0) is 22.7 Å². The number of likely N-dealkylation sites (N-methyl/N-ethyl adjacent to an activating group) is 1. The minimum absolute atomic E-state index is 0.139. The van der Waals surface area contributed by atoms with Gasteiger partial charge in [0.25, 0.3) is 11.8 Å². The van der Waals surface area contributed by atoms with Gasteiger partial charge in [-0.15, -0.1) is 0 Å². The lowest BCUT2D eigenvalue weighted by Gasteiger charge is -2.36. The summed E-state index contributed by atoms with van der Waals surface area (Å²) in [6, 6.07) is 12.7. The molecule has 0 aliphatic carbocycles. The highest BCUT2D eigenvalue weighted by atomic mass is 16.2. The molecule has 4 amide bonds. The summed E-state index contributed by atoms with van der Waals surface area (Å²) in [5.74, 6) is -1.06. The number of carbonyl (C=O) groups excluding carboxylic acids is 4. The van der Waals surface area contributed by atoms with Gasteiger partial charge in [0.1, 0.15) is 6.04 Å². The number of carbonyl (C=O) groups is 4. The SMILES string of the molecule is CN1C(=O)CCC(N2Cc3cc(N4CCN(Cc5ccc(C(N)=O)cc5)CC4)ccc3C2=O)C1=O. The number of nitrogens with two attached hydrogens (primary N) is 1. The Morgan fingerprint density at radius 1 is 1.00 bits per heavy atom. The Labute approximate surface area is 204 Å². The van der Waals surface area contributed by atoms with Crippen molar-refractivity contribution < 1.29 is 19.2 Å². The van der Waals surface area contributed by atoms with Gasteiger partial charge >= 0.3 is 0 Å². The summed E-state index contributed by atoms with van der Waals surface area (Å²) in [5.41, 5.74) is 9.61. The lowest BCUT2D eigenvalue weighted by atomic mass is 10.0. The van der Waals surface area contributed by atoms with E-state index in [9.17, 15) is 19.2 Å². The number of primary amides is 1. The standard InChI is InChI=1S/C26H29N5O4/c1-28-23(32)9-8-22(26(28)35)31-16-19-14-20(6-7-21(19)25(31)34)30-12-10-29(11-13-30)15-17-2-4-18(5-3-17)24(27)33/h2-7,14,22H,8-13,15-16H2,1H3,(H2,27,33). The molecule has 1 atom stereocenters. The second kappa shape index (κ2) is 9.14. The second-order valence-corrected chi connectivity index (χ2v) is 9.44. The molecule has 9 heteroatoms. The molecule has 0 bridgehead atoms. The van der Waals surface area contributed by atoms with Gasteiger partial charge in [-0.25, -0.2) is 0 Å². The third kappa shape index (κ3) is 4.39. The molecule has 3 aliphatic rings. The smallest absolute Gasteiger partial charge is 0.255 e. The van der Waals surface area contributed by atoms with E-state index in [-0.39, 0.29) is 24.1 Å². The molecule has 0 spiro atoms. The molecule has 182 valence electrons. The molecule has 0 aromatic heterocycles. The molecule has 0 saturated carbocycles. The summed E-state index contributed by atoms with van der Waals surface area (Å²) in [6.45, 7) is 4.73. The zero-order chi connectivity index (χ0) is 24.7. The van der Waals surface area contributed by atoms with E-state index in [1.165, 1.54) is 7.05 Å². The Morgan fingerprint density at radius 2 is 1.71 bits per heavy atom. The Balaban J connectivity index is 1.21. The van der Waals surface area contributed by atoms with E-state index in [2.05, 4.69) is 15.9 Å². The molecule has 1 unspecified atom stereocenters. The van der Waals surface area contributed by atoms with E-state index >= 15 is 0 Å². The van der Waals surface area contributed by atoms with Crippen molar-refractivity contribution in [1.29, 1.82) is 0 Å². The Hall–Kier alpha value is -3.72. The minimum atomic E-state index is -0.582. The maximum absolute atomic E-state index is 13.0. The zero-order valence-electron chi connectivity index (χ0n) is 19.8. The van der Waals surface area contributed by atoms with Crippen LogP contribution in [-0.4, -0.2) is 77.6 Å². The average Bonchev–Trinajstić information content (AvgIpc) is 3.19. The summed E-state index contributed by atoms with van der Waals surface area (Å²) >= 11 is 0. The summed E-state index contributed by atoms with van der Waals surface area (Å²) in [4.78, 5) is 56.2. The number of anilines is 1. The second-order valence-electron chi connectivity index (χ2n) is 9.44. The van der Waals surface area contributed by atoms with Gasteiger partial charge < -0.3 is 15.5 Å². The summed E-state index contributed by atoms with van der Waals surface area (Å²) < 4.78 is 0. The fourth-order valence-electron chi connectivity index (χ4n) is 5.16. The molecule has 2 fully saturated rings. The third-order valence-corrected chi connectivity index (χ3v) is 7.30. The molecule has 3 heterocycles. The van der Waals surface area contributed by atoms with E-state index in [4.69, 9.17) is 5.73 Å². The van der Waals surface area contributed by atoms with Crippen LogP contribution < -0.4 is 10.6 Å². The van der Waals surface area contributed by atoms with Crippen LogP contribution in [0.4, 0.5) is 5.69 Å². The van der Waals surface area contributed by atoms with Crippen LogP contribution in [0.25, 0.3) is 0 Å². The summed E-state index contributed by atoms with van der Waals surface area (Å²) in [7, 11) is 1.48. The van der Waals surface area contributed by atoms with Crippen LogP contribution in [0.2, 0.25) is 0 Å². The van der Waals surface area contributed by atoms with Gasteiger partial charge in [0.05, 0.1) is 0 Å². The molecule has 5 rings (SSSR count). The number of likely N-dealkylation sites (tertiary alicyclic amines) is 1. The molecule has 2 saturated heterocycles. The van der Waals surface area contributed by atoms with Gasteiger partial charge in [0.2, 0.25) is 11.8 Å². The molecule has 2 N–H and O–H groups in total. The van der Waals surface area contributed by atoms with Gasteiger partial charge in [-0.1, -0.05) is 12.1 Å². The van der Waals surface area contributed by atoms with Crippen molar-refractivity contribution in [3.63, 3.8) is 0 Å². The quantitative estimate of drug-likeness (QED) is 0.652. The first-order valence-electron chi connectivity index (χ1n) is 11.9. The minimum Gasteiger partial charge on any atom is -0.369 e. The molecule has 9 nitrogen and oxygen atoms in total. The van der Waals surface area contributed by atoms with Crippen molar-refractivity contribution >= 4 is 29.3 Å². The summed E-state index contributed by atoms with van der Waals surface area (Å²) in [6.07, 6.45) is 0.652. The largest absolute Gasteiger partial charge is 0.369 e. The van der Waals surface area contributed by atoms with Crippen molar-refractivity contribution in [1.82, 2.24) is 14.7 Å². The van der Waals surface area contributed by atoms with Gasteiger partial charge in [-0.2, -0.15) is 0 Å². The number of piperidine rings is 1. The lowest BCUT2D eigenvalue weighted by Crippen LogP contribution is -2.53. The summed E-state index contributed by atoms with van der Waals surface area (Å²) in [5, 5.41) is 0. The van der Waals surface area contributed by atoms with Crippen molar-refractivity contribution in [3.05, 3.63) is 64.7 Å². The number of hydrogen-bond acceptors (Lipinski definition) is 6. The van der Waals surface area contributed by atoms with E-state index in [0.717, 1.165) is 54.4 Å². The van der Waals surface area contributed by atoms with Crippen LogP contribution in [0.5, 0.6) is 0 Å². The van der Waals surface area contributed by atoms with E-state index in [1.54, 1.807) is 17.0 Å². The number of nitrogens with zero attached hydrogens (tertiary/aromatic N) is 4. The Kier molecular flexibility index (Phi) is 6.02. The van der Waals surface area contributed by atoms with Crippen molar-refractivity contribution in [3.8, 4) is 0 Å². The number of hydrogen-bond donors (Lipinski definition) is 1. The number of imide groups is 1. The number of benzene rings is 2. The van der Waals surface area contributed by atoms with Crippen LogP contribution in [0.15, 0.2) is 42.5 Å². The lowest BCUT2D eigenvalue weighted by molar-refractivity contribution is -0.150. The maximum atomic E-state index is 13.0. The van der Waals surface area contributed by atoms with Gasteiger partial charge in [-0.3, -0.25) is 29.0 Å². The van der Waals surface area contributed by atoms with Crippen LogP contribution in [0, 0.1) is 0 Å². The van der Waals surface area contributed by atoms with E-state index in [1.807, 2.05) is 24.3 Å². The molecular formula is C26H29N5O4. The predicted octanol–water partition coefficient (Wildman–Crippen LogP) is 1.21. The van der Waals surface area contributed by atoms with Crippen LogP contribution in [0.3, 0.4) is 0 Å². The predicted molar refractivity (Wildman–Crippen MR) is 130 cm³/mol. The molecular weight excluding hydrogens is 446 g/mol. The van der Waals surface area contributed by atoms with E-state index < -0.39 is 11.9 Å². The molecule has 2 aromatic carbocycles. The highest BCUT2D eigenvalue weighted by molar-refractivity contribution is 6.05. The Bertz CT molecular complexity index is 1190. The first-order valence-corrected chi connectivity index (χ1v) is 11.9. The average molecular weight is 476 g/mol. The van der Waals surface area contributed by atoms with Gasteiger partial charge in [0.15, 0.2) is 0 Å². The topological polar surface area (TPSA) is 107 Å². The normalized spacial score (nSPS) is 21.0. The van der Waals surface area contributed by atoms with Crippen molar-refractivity contribution in [2.24, 2.45) is 5.73 Å². The van der Waals surface area contributed by atoms with Crippen molar-refractivity contribution in [2.75, 3.05) is 38.1 Å². The highest BCUT2D eigenvalue weighted by Crippen LogP contribution is 2.31. The Morgan fingerprint density at radius 3 is 2.40 bits per heavy atom. The first-order chi connectivity index (χ1) is 16.8. The number of rotatable bonds is 5. The monoisotopic (exact) mass is 475 g/mol. The van der Waals surface area contributed by atoms with Crippen LogP contribution in [0.1, 0.15) is 44.7 Å². The first kappa shape index (κ1) is 23.0. The molecule has 2 aromatic rings. The highest BCUT2D eigenvalue weighted by Gasteiger charge is 2.41.